The van der Waals surface area contributed by atoms with Gasteiger partial charge in [-0.15, -0.1) is 11.3 Å². The van der Waals surface area contributed by atoms with Gasteiger partial charge in [0.15, 0.2) is 0 Å². The van der Waals surface area contributed by atoms with Crippen molar-refractivity contribution in [2.45, 2.75) is 25.3 Å². The van der Waals surface area contributed by atoms with Crippen LogP contribution in [0, 0.1) is 0 Å². The van der Waals surface area contributed by atoms with E-state index in [0.29, 0.717) is 6.04 Å². The summed E-state index contributed by atoms with van der Waals surface area (Å²) in [5.41, 5.74) is 2.49. The lowest BCUT2D eigenvalue weighted by molar-refractivity contribution is 0.414. The molecule has 1 atom stereocenters. The lowest BCUT2D eigenvalue weighted by Gasteiger charge is -2.05. The summed E-state index contributed by atoms with van der Waals surface area (Å²) in [6, 6.07) is 8.69. The molecule has 0 spiro atoms. The van der Waals surface area contributed by atoms with Gasteiger partial charge >= 0.3 is 0 Å². The number of hydrogen-bond acceptors (Lipinski definition) is 4. The van der Waals surface area contributed by atoms with Gasteiger partial charge in [-0.1, -0.05) is 12.1 Å². The molecular formula is C15H18N2OS. The maximum Gasteiger partial charge on any atom is 0.118 e. The summed E-state index contributed by atoms with van der Waals surface area (Å²) in [7, 11) is 1.69. The summed E-state index contributed by atoms with van der Waals surface area (Å²) < 4.78 is 5.17. The van der Waals surface area contributed by atoms with E-state index in [1.54, 1.807) is 18.4 Å². The third kappa shape index (κ3) is 2.96. The Morgan fingerprint density at radius 3 is 2.89 bits per heavy atom. The average Bonchev–Trinajstić information content (AvgIpc) is 3.10. The molecule has 3 rings (SSSR count). The highest BCUT2D eigenvalue weighted by atomic mass is 32.1. The van der Waals surface area contributed by atoms with Crippen LogP contribution in [-0.4, -0.2) is 18.6 Å². The van der Waals surface area contributed by atoms with Crippen LogP contribution < -0.4 is 10.1 Å². The number of ether oxygens (including phenoxy) is 1. The Kier molecular flexibility index (Phi) is 3.80. The molecule has 1 aliphatic heterocycles. The molecule has 19 heavy (non-hydrogen) atoms. The highest BCUT2D eigenvalue weighted by Gasteiger charge is 2.18. The second-order valence-electron chi connectivity index (χ2n) is 4.84. The van der Waals surface area contributed by atoms with Crippen LogP contribution in [0.15, 0.2) is 29.6 Å². The van der Waals surface area contributed by atoms with Crippen molar-refractivity contribution in [1.82, 2.24) is 10.3 Å². The smallest absolute Gasteiger partial charge is 0.118 e. The highest BCUT2D eigenvalue weighted by molar-refractivity contribution is 7.09. The molecule has 1 aromatic heterocycles. The highest BCUT2D eigenvalue weighted by Crippen LogP contribution is 2.25. The molecule has 4 heteroatoms. The van der Waals surface area contributed by atoms with Crippen molar-refractivity contribution in [3.8, 4) is 5.75 Å². The molecule has 3 nitrogen and oxygen atoms in total. The first-order valence-electron chi connectivity index (χ1n) is 6.66. The molecule has 1 aromatic carbocycles. The Bertz CT molecular complexity index is 529. The van der Waals surface area contributed by atoms with Gasteiger partial charge < -0.3 is 10.1 Å². The van der Waals surface area contributed by atoms with E-state index >= 15 is 0 Å². The normalized spacial score (nSPS) is 18.7. The predicted octanol–water partition coefficient (Wildman–Crippen LogP) is 3.17. The lowest BCUT2D eigenvalue weighted by Crippen LogP contribution is -2.13. The average molecular weight is 274 g/mol. The third-order valence-corrected chi connectivity index (χ3v) is 4.37. The first-order valence-corrected chi connectivity index (χ1v) is 7.54. The number of rotatable bonds is 4. The molecule has 1 N–H and O–H groups in total. The minimum absolute atomic E-state index is 0.473. The molecule has 2 aromatic rings. The van der Waals surface area contributed by atoms with Crippen molar-refractivity contribution in [1.29, 1.82) is 0 Å². The monoisotopic (exact) mass is 274 g/mol. The van der Waals surface area contributed by atoms with E-state index in [0.717, 1.165) is 18.7 Å². The van der Waals surface area contributed by atoms with E-state index in [1.165, 1.54) is 29.1 Å². The van der Waals surface area contributed by atoms with E-state index in [4.69, 9.17) is 9.72 Å². The van der Waals surface area contributed by atoms with Crippen LogP contribution in [0.2, 0.25) is 0 Å². The van der Waals surface area contributed by atoms with E-state index < -0.39 is 0 Å². The zero-order valence-corrected chi connectivity index (χ0v) is 11.9. The summed E-state index contributed by atoms with van der Waals surface area (Å²) in [6.07, 6.45) is 3.38. The van der Waals surface area contributed by atoms with E-state index in [-0.39, 0.29) is 0 Å². The van der Waals surface area contributed by atoms with E-state index in [9.17, 15) is 0 Å². The van der Waals surface area contributed by atoms with Crippen LogP contribution in [-0.2, 0) is 6.42 Å². The van der Waals surface area contributed by atoms with Gasteiger partial charge in [-0.05, 0) is 37.1 Å². The second kappa shape index (κ2) is 5.72. The molecule has 0 amide bonds. The minimum atomic E-state index is 0.473. The van der Waals surface area contributed by atoms with Crippen molar-refractivity contribution in [2.24, 2.45) is 0 Å². The van der Waals surface area contributed by atoms with Gasteiger partial charge in [0.05, 0.1) is 23.9 Å². The molecular weight excluding hydrogens is 256 g/mol. The fourth-order valence-corrected chi connectivity index (χ4v) is 3.30. The van der Waals surface area contributed by atoms with Crippen LogP contribution in [0.5, 0.6) is 5.75 Å². The van der Waals surface area contributed by atoms with Gasteiger partial charge in [0, 0.05) is 11.8 Å². The first-order chi connectivity index (χ1) is 9.35. The van der Waals surface area contributed by atoms with Crippen LogP contribution in [0.4, 0.5) is 0 Å². The van der Waals surface area contributed by atoms with Crippen LogP contribution in [0.1, 0.15) is 35.1 Å². The van der Waals surface area contributed by atoms with Crippen molar-refractivity contribution < 1.29 is 4.74 Å². The van der Waals surface area contributed by atoms with Crippen LogP contribution in [0.3, 0.4) is 0 Å². The Hall–Kier alpha value is -1.39. The number of methoxy groups -OCH3 is 1. The standard InChI is InChI=1S/C15H18N2OS/c1-18-12-6-4-11(5-7-12)9-15-17-14(10-19-15)13-3-2-8-16-13/h4-7,10,13,16H,2-3,8-9H2,1H3/t13-/m0/s1. The van der Waals surface area contributed by atoms with Gasteiger partial charge in [0.1, 0.15) is 5.75 Å². The molecule has 0 saturated carbocycles. The van der Waals surface area contributed by atoms with Gasteiger partial charge in [-0.3, -0.25) is 0 Å². The van der Waals surface area contributed by atoms with Gasteiger partial charge in [0.25, 0.3) is 0 Å². The maximum atomic E-state index is 5.17. The summed E-state index contributed by atoms with van der Waals surface area (Å²) in [6.45, 7) is 1.12. The van der Waals surface area contributed by atoms with Gasteiger partial charge in [-0.25, -0.2) is 4.98 Å². The quantitative estimate of drug-likeness (QED) is 0.930. The number of thiazole rings is 1. The molecule has 100 valence electrons. The Morgan fingerprint density at radius 2 is 2.21 bits per heavy atom. The molecule has 0 unspecified atom stereocenters. The van der Waals surface area contributed by atoms with Crippen molar-refractivity contribution in [3.63, 3.8) is 0 Å². The van der Waals surface area contributed by atoms with E-state index in [1.807, 2.05) is 12.1 Å². The molecule has 2 heterocycles. The number of nitrogens with zero attached hydrogens (tertiary/aromatic N) is 1. The fourth-order valence-electron chi connectivity index (χ4n) is 2.42. The first kappa shape index (κ1) is 12.6. The van der Waals surface area contributed by atoms with Crippen molar-refractivity contribution >= 4 is 11.3 Å². The zero-order chi connectivity index (χ0) is 13.1. The third-order valence-electron chi connectivity index (χ3n) is 3.50. The van der Waals surface area contributed by atoms with Crippen LogP contribution >= 0.6 is 11.3 Å². The summed E-state index contributed by atoms with van der Waals surface area (Å²) in [4.78, 5) is 4.75. The van der Waals surface area contributed by atoms with E-state index in [2.05, 4.69) is 22.8 Å². The molecule has 1 aliphatic rings. The maximum absolute atomic E-state index is 5.17. The summed E-state index contributed by atoms with van der Waals surface area (Å²) in [5, 5.41) is 6.88. The van der Waals surface area contributed by atoms with Crippen LogP contribution in [0.25, 0.3) is 0 Å². The molecule has 0 radical (unpaired) electrons. The number of benzene rings is 1. The Morgan fingerprint density at radius 1 is 1.37 bits per heavy atom. The van der Waals surface area contributed by atoms with Gasteiger partial charge in [0.2, 0.25) is 0 Å². The zero-order valence-electron chi connectivity index (χ0n) is 11.1. The molecule has 1 saturated heterocycles. The Balaban J connectivity index is 1.68. The number of nitrogens with one attached hydrogen (secondary N) is 1. The summed E-state index contributed by atoms with van der Waals surface area (Å²) >= 11 is 1.76. The fraction of sp³-hybridized carbons (Fsp3) is 0.400. The predicted molar refractivity (Wildman–Crippen MR) is 77.9 cm³/mol. The molecule has 0 aliphatic carbocycles. The van der Waals surface area contributed by atoms with Crippen molar-refractivity contribution in [3.05, 3.63) is 45.9 Å². The topological polar surface area (TPSA) is 34.1 Å². The molecule has 1 fully saturated rings. The SMILES string of the molecule is COc1ccc(Cc2nc([C@@H]3CCCN3)cs2)cc1. The van der Waals surface area contributed by atoms with Gasteiger partial charge in [-0.2, -0.15) is 0 Å². The molecule has 0 bridgehead atoms. The number of hydrogen-bond donors (Lipinski definition) is 1. The summed E-state index contributed by atoms with van der Waals surface area (Å²) in [5.74, 6) is 0.902. The van der Waals surface area contributed by atoms with Crippen molar-refractivity contribution in [2.75, 3.05) is 13.7 Å². The second-order valence-corrected chi connectivity index (χ2v) is 5.78. The Labute approximate surface area is 117 Å². The lowest BCUT2D eigenvalue weighted by atomic mass is 10.1. The largest absolute Gasteiger partial charge is 0.497 e. The minimum Gasteiger partial charge on any atom is -0.497 e. The number of aromatic nitrogens is 1.